The third-order valence-electron chi connectivity index (χ3n) is 11.7. The molecule has 178 valence electrons. The zero-order valence-electron chi connectivity index (χ0n) is 21.2. The van der Waals surface area contributed by atoms with E-state index < -0.39 is 0 Å². The topological polar surface area (TPSA) is 32.3 Å². The smallest absolute Gasteiger partial charge is 0.0594 e. The number of aliphatic hydroxyl groups excluding tert-OH is 1. The second-order valence-corrected chi connectivity index (χ2v) is 13.3. The lowest BCUT2D eigenvalue weighted by atomic mass is 9.40. The Morgan fingerprint density at radius 2 is 1.47 bits per heavy atom. The summed E-state index contributed by atoms with van der Waals surface area (Å²) in [5.41, 5.74) is 2.42. The van der Waals surface area contributed by atoms with Gasteiger partial charge in [-0.2, -0.15) is 0 Å². The first kappa shape index (κ1) is 22.9. The maximum atomic E-state index is 10.8. The average molecular weight is 438 g/mol. The lowest BCUT2D eigenvalue weighted by Gasteiger charge is -2.65. The molecule has 4 aliphatic rings. The SMILES string of the molecule is CC(NCc1ccccc1)[C@H]1CC[C@]2(C)[C@@H]1CC[C@H]1[C@H]2CC[C@H]2C(C)(C)[C@@H](O)CC[C@]12C. The first-order valence-corrected chi connectivity index (χ1v) is 13.6. The number of rotatable bonds is 4. The molecule has 0 aliphatic heterocycles. The van der Waals surface area contributed by atoms with Crippen LogP contribution in [0.1, 0.15) is 91.5 Å². The number of hydrogen-bond donors (Lipinski definition) is 2. The summed E-state index contributed by atoms with van der Waals surface area (Å²) in [6.07, 6.45) is 10.5. The van der Waals surface area contributed by atoms with Crippen LogP contribution in [0.2, 0.25) is 0 Å². The molecule has 4 saturated carbocycles. The molecule has 9 atom stereocenters. The molecule has 2 heteroatoms. The van der Waals surface area contributed by atoms with E-state index in [0.29, 0.717) is 22.8 Å². The number of aliphatic hydroxyl groups is 1. The quantitative estimate of drug-likeness (QED) is 0.541. The molecule has 5 rings (SSSR count). The van der Waals surface area contributed by atoms with Crippen LogP contribution >= 0.6 is 0 Å². The van der Waals surface area contributed by atoms with Crippen molar-refractivity contribution in [1.29, 1.82) is 0 Å². The van der Waals surface area contributed by atoms with E-state index in [0.717, 1.165) is 36.6 Å². The number of fused-ring (bicyclic) bond motifs is 5. The van der Waals surface area contributed by atoms with E-state index in [-0.39, 0.29) is 11.5 Å². The largest absolute Gasteiger partial charge is 0.393 e. The second kappa shape index (κ2) is 8.12. The van der Waals surface area contributed by atoms with E-state index in [4.69, 9.17) is 0 Å². The highest BCUT2D eigenvalue weighted by molar-refractivity contribution is 5.15. The van der Waals surface area contributed by atoms with Crippen molar-refractivity contribution < 1.29 is 5.11 Å². The molecule has 0 spiro atoms. The summed E-state index contributed by atoms with van der Waals surface area (Å²) in [7, 11) is 0. The molecule has 2 N–H and O–H groups in total. The molecule has 1 unspecified atom stereocenters. The zero-order chi connectivity index (χ0) is 22.7. The number of benzene rings is 1. The second-order valence-electron chi connectivity index (χ2n) is 13.3. The maximum Gasteiger partial charge on any atom is 0.0594 e. The molecule has 32 heavy (non-hydrogen) atoms. The molecule has 0 heterocycles. The molecular formula is C30H47NO. The van der Waals surface area contributed by atoms with Crippen molar-refractivity contribution in [3.05, 3.63) is 35.9 Å². The zero-order valence-corrected chi connectivity index (χ0v) is 21.2. The van der Waals surface area contributed by atoms with Crippen LogP contribution in [0.25, 0.3) is 0 Å². The van der Waals surface area contributed by atoms with Gasteiger partial charge in [-0.15, -0.1) is 0 Å². The van der Waals surface area contributed by atoms with Crippen molar-refractivity contribution in [3.8, 4) is 0 Å². The van der Waals surface area contributed by atoms with E-state index in [1.807, 2.05) is 0 Å². The van der Waals surface area contributed by atoms with Gasteiger partial charge >= 0.3 is 0 Å². The Morgan fingerprint density at radius 3 is 2.22 bits per heavy atom. The van der Waals surface area contributed by atoms with Gasteiger partial charge in [0.1, 0.15) is 0 Å². The molecule has 0 amide bonds. The van der Waals surface area contributed by atoms with Crippen molar-refractivity contribution >= 4 is 0 Å². The van der Waals surface area contributed by atoms with E-state index in [2.05, 4.69) is 70.3 Å². The fourth-order valence-corrected chi connectivity index (χ4v) is 9.89. The fourth-order valence-electron chi connectivity index (χ4n) is 9.89. The highest BCUT2D eigenvalue weighted by Gasteiger charge is 2.63. The van der Waals surface area contributed by atoms with Gasteiger partial charge in [-0.05, 0) is 110 Å². The molecule has 4 fully saturated rings. The van der Waals surface area contributed by atoms with Gasteiger partial charge in [0.25, 0.3) is 0 Å². The van der Waals surface area contributed by atoms with Gasteiger partial charge in [0.05, 0.1) is 6.10 Å². The molecule has 1 aromatic rings. The van der Waals surface area contributed by atoms with Crippen LogP contribution in [-0.2, 0) is 6.54 Å². The minimum atomic E-state index is -0.114. The minimum Gasteiger partial charge on any atom is -0.393 e. The summed E-state index contributed by atoms with van der Waals surface area (Å²) in [5, 5.41) is 14.7. The predicted molar refractivity (Wildman–Crippen MR) is 133 cm³/mol. The van der Waals surface area contributed by atoms with E-state index >= 15 is 0 Å². The molecule has 0 bridgehead atoms. The Labute approximate surface area is 197 Å². The van der Waals surface area contributed by atoms with E-state index in [9.17, 15) is 5.11 Å². The summed E-state index contributed by atoms with van der Waals surface area (Å²) in [4.78, 5) is 0. The molecule has 2 nitrogen and oxygen atoms in total. The monoisotopic (exact) mass is 437 g/mol. The van der Waals surface area contributed by atoms with Gasteiger partial charge in [-0.3, -0.25) is 0 Å². The highest BCUT2D eigenvalue weighted by Crippen LogP contribution is 2.70. The Morgan fingerprint density at radius 1 is 0.844 bits per heavy atom. The summed E-state index contributed by atoms with van der Waals surface area (Å²) < 4.78 is 0. The Hall–Kier alpha value is -0.860. The van der Waals surface area contributed by atoms with Gasteiger partial charge in [0.15, 0.2) is 0 Å². The third kappa shape index (κ3) is 3.42. The Balaban J connectivity index is 1.32. The first-order valence-electron chi connectivity index (χ1n) is 13.6. The maximum absolute atomic E-state index is 10.8. The van der Waals surface area contributed by atoms with Crippen molar-refractivity contribution in [2.24, 2.45) is 45.8 Å². The van der Waals surface area contributed by atoms with Crippen molar-refractivity contribution in [3.63, 3.8) is 0 Å². The van der Waals surface area contributed by atoms with Gasteiger partial charge < -0.3 is 10.4 Å². The van der Waals surface area contributed by atoms with Crippen LogP contribution in [-0.4, -0.2) is 17.3 Å². The van der Waals surface area contributed by atoms with Crippen LogP contribution in [0.4, 0.5) is 0 Å². The van der Waals surface area contributed by atoms with Gasteiger partial charge in [0, 0.05) is 12.6 Å². The highest BCUT2D eigenvalue weighted by atomic mass is 16.3. The minimum absolute atomic E-state index is 0.0732. The molecule has 0 aromatic heterocycles. The summed E-state index contributed by atoms with van der Waals surface area (Å²) in [5.74, 6) is 4.13. The normalized spacial score (nSPS) is 46.1. The first-order chi connectivity index (χ1) is 15.2. The lowest BCUT2D eigenvalue weighted by Crippen LogP contribution is -2.60. The van der Waals surface area contributed by atoms with Crippen molar-refractivity contribution in [2.45, 2.75) is 105 Å². The number of nitrogens with one attached hydrogen (secondary N) is 1. The molecular weight excluding hydrogens is 390 g/mol. The van der Waals surface area contributed by atoms with Crippen LogP contribution in [0.3, 0.4) is 0 Å². The standard InChI is InChI=1S/C30H47NO/c1-20(31-19-21-9-7-6-8-10-21)22-15-17-29(4)23(22)11-12-25-24(29)13-14-26-28(2,3)27(32)16-18-30(25,26)5/h6-10,20,22-27,31-32H,11-19H2,1-5H3/t20?,22-,23-,24-,25+,26+,27+,29-,30-/m1/s1. The summed E-state index contributed by atoms with van der Waals surface area (Å²) >= 11 is 0. The molecule has 0 radical (unpaired) electrons. The van der Waals surface area contributed by atoms with Crippen LogP contribution in [0.5, 0.6) is 0 Å². The van der Waals surface area contributed by atoms with Gasteiger partial charge in [-0.1, -0.05) is 58.0 Å². The van der Waals surface area contributed by atoms with E-state index in [1.54, 1.807) is 0 Å². The Kier molecular flexibility index (Phi) is 5.81. The lowest BCUT2D eigenvalue weighted by molar-refractivity contribution is -0.184. The summed E-state index contributed by atoms with van der Waals surface area (Å²) in [6.45, 7) is 13.5. The van der Waals surface area contributed by atoms with Gasteiger partial charge in [0.2, 0.25) is 0 Å². The third-order valence-corrected chi connectivity index (χ3v) is 11.7. The average Bonchev–Trinajstić information content (AvgIpc) is 3.13. The molecule has 4 aliphatic carbocycles. The van der Waals surface area contributed by atoms with Crippen LogP contribution in [0.15, 0.2) is 30.3 Å². The van der Waals surface area contributed by atoms with Crippen molar-refractivity contribution in [2.75, 3.05) is 0 Å². The van der Waals surface area contributed by atoms with Crippen molar-refractivity contribution in [1.82, 2.24) is 5.32 Å². The molecule has 0 saturated heterocycles. The molecule has 1 aromatic carbocycles. The van der Waals surface area contributed by atoms with Crippen LogP contribution < -0.4 is 5.32 Å². The van der Waals surface area contributed by atoms with E-state index in [1.165, 1.54) is 50.5 Å². The predicted octanol–water partition coefficient (Wildman–Crippen LogP) is 6.82. The van der Waals surface area contributed by atoms with Crippen LogP contribution in [0, 0.1) is 45.8 Å². The van der Waals surface area contributed by atoms with Gasteiger partial charge in [-0.25, -0.2) is 0 Å². The summed E-state index contributed by atoms with van der Waals surface area (Å²) in [6, 6.07) is 11.5. The Bertz CT molecular complexity index is 804. The fraction of sp³-hybridized carbons (Fsp3) is 0.800. The number of hydrogen-bond acceptors (Lipinski definition) is 2.